The van der Waals surface area contributed by atoms with Crippen LogP contribution in [-0.2, 0) is 24.4 Å². The van der Waals surface area contributed by atoms with Gasteiger partial charge < -0.3 is 14.5 Å². The van der Waals surface area contributed by atoms with Gasteiger partial charge in [-0.25, -0.2) is 4.68 Å². The van der Waals surface area contributed by atoms with Gasteiger partial charge in [-0.3, -0.25) is 9.69 Å². The van der Waals surface area contributed by atoms with Crippen LogP contribution in [0.4, 0.5) is 0 Å². The van der Waals surface area contributed by atoms with Crippen LogP contribution in [0.2, 0.25) is 0 Å². The summed E-state index contributed by atoms with van der Waals surface area (Å²) < 4.78 is 12.3. The van der Waals surface area contributed by atoms with E-state index in [1.807, 2.05) is 24.3 Å². The number of methoxy groups -OCH3 is 2. The highest BCUT2D eigenvalue weighted by Crippen LogP contribution is 2.27. The predicted octanol–water partition coefficient (Wildman–Crippen LogP) is 3.63. The van der Waals surface area contributed by atoms with E-state index in [2.05, 4.69) is 63.5 Å². The van der Waals surface area contributed by atoms with E-state index in [0.29, 0.717) is 37.6 Å². The summed E-state index contributed by atoms with van der Waals surface area (Å²) in [5.74, 6) is 1.47. The third-order valence-corrected chi connectivity index (χ3v) is 6.20. The molecule has 1 N–H and O–H groups in total. The zero-order chi connectivity index (χ0) is 24.8. The maximum Gasteiger partial charge on any atom is 0.252 e. The molecule has 2 heterocycles. The van der Waals surface area contributed by atoms with Crippen molar-refractivity contribution in [2.45, 2.75) is 45.9 Å². The number of hydrogen-bond donors (Lipinski definition) is 1. The van der Waals surface area contributed by atoms with Crippen molar-refractivity contribution in [1.29, 1.82) is 0 Å². The Kier molecular flexibility index (Phi) is 7.89. The highest BCUT2D eigenvalue weighted by Gasteiger charge is 2.26. The standard InChI is InChI=1S/C26H32N6O3/c1-5-24(25-28-29-30-32(25)12-13-34-3)31(16-19-8-6-18(2)7-9-19)17-21-14-20-10-11-22(35-4)15-23(20)27-26(21)33/h6-11,14-15,24H,5,12-13,16-17H2,1-4H3,(H,27,33). The molecule has 184 valence electrons. The van der Waals surface area contributed by atoms with Crippen LogP contribution in [0.3, 0.4) is 0 Å². The van der Waals surface area contributed by atoms with Crippen molar-refractivity contribution < 1.29 is 9.47 Å². The van der Waals surface area contributed by atoms with Crippen LogP contribution in [0.5, 0.6) is 5.75 Å². The molecule has 9 heteroatoms. The van der Waals surface area contributed by atoms with Gasteiger partial charge in [0, 0.05) is 31.8 Å². The number of benzene rings is 2. The van der Waals surface area contributed by atoms with Gasteiger partial charge >= 0.3 is 0 Å². The normalized spacial score (nSPS) is 12.4. The second-order valence-corrected chi connectivity index (χ2v) is 8.64. The lowest BCUT2D eigenvalue weighted by Crippen LogP contribution is -2.32. The Morgan fingerprint density at radius 2 is 1.89 bits per heavy atom. The van der Waals surface area contributed by atoms with E-state index in [1.165, 1.54) is 5.56 Å². The summed E-state index contributed by atoms with van der Waals surface area (Å²) in [5, 5.41) is 13.4. The topological polar surface area (TPSA) is 98.2 Å². The number of rotatable bonds is 11. The Labute approximate surface area is 204 Å². The molecule has 0 aliphatic rings. The van der Waals surface area contributed by atoms with E-state index in [-0.39, 0.29) is 11.6 Å². The molecular formula is C26H32N6O3. The molecule has 0 bridgehead atoms. The molecule has 35 heavy (non-hydrogen) atoms. The number of nitrogens with one attached hydrogen (secondary N) is 1. The number of pyridine rings is 1. The Bertz CT molecular complexity index is 1310. The molecule has 4 rings (SSSR count). The lowest BCUT2D eigenvalue weighted by molar-refractivity contribution is 0.151. The molecule has 0 radical (unpaired) electrons. The van der Waals surface area contributed by atoms with Gasteiger partial charge in [-0.2, -0.15) is 0 Å². The van der Waals surface area contributed by atoms with Gasteiger partial charge in [0.2, 0.25) is 0 Å². The summed E-state index contributed by atoms with van der Waals surface area (Å²) in [5.41, 5.74) is 3.68. The highest BCUT2D eigenvalue weighted by molar-refractivity contribution is 5.80. The van der Waals surface area contributed by atoms with Gasteiger partial charge in [-0.15, -0.1) is 5.10 Å². The molecule has 9 nitrogen and oxygen atoms in total. The van der Waals surface area contributed by atoms with Crippen LogP contribution in [0.1, 0.15) is 41.9 Å². The number of aryl methyl sites for hydroxylation is 1. The van der Waals surface area contributed by atoms with E-state index in [1.54, 1.807) is 18.9 Å². The quantitative estimate of drug-likeness (QED) is 0.353. The van der Waals surface area contributed by atoms with Crippen LogP contribution in [-0.4, -0.2) is 50.9 Å². The molecule has 4 aromatic rings. The van der Waals surface area contributed by atoms with Crippen LogP contribution < -0.4 is 10.3 Å². The molecule has 2 aromatic carbocycles. The third kappa shape index (κ3) is 5.75. The summed E-state index contributed by atoms with van der Waals surface area (Å²) in [6.07, 6.45) is 0.780. The van der Waals surface area contributed by atoms with Gasteiger partial charge in [-0.1, -0.05) is 36.8 Å². The monoisotopic (exact) mass is 476 g/mol. The Balaban J connectivity index is 1.71. The van der Waals surface area contributed by atoms with Crippen molar-refractivity contribution in [1.82, 2.24) is 30.1 Å². The first-order chi connectivity index (χ1) is 17.0. The van der Waals surface area contributed by atoms with Gasteiger partial charge in [0.1, 0.15) is 5.75 Å². The Morgan fingerprint density at radius 1 is 1.09 bits per heavy atom. The lowest BCUT2D eigenvalue weighted by atomic mass is 10.1. The molecule has 1 unspecified atom stereocenters. The first kappa shape index (κ1) is 24.6. The molecule has 0 aliphatic heterocycles. The summed E-state index contributed by atoms with van der Waals surface area (Å²) in [7, 11) is 3.27. The van der Waals surface area contributed by atoms with E-state index >= 15 is 0 Å². The van der Waals surface area contributed by atoms with Crippen LogP contribution >= 0.6 is 0 Å². The van der Waals surface area contributed by atoms with Gasteiger partial charge in [0.05, 0.1) is 31.8 Å². The number of tetrazole rings is 1. The Hall–Kier alpha value is -3.56. The third-order valence-electron chi connectivity index (χ3n) is 6.20. The molecule has 0 saturated carbocycles. The second-order valence-electron chi connectivity index (χ2n) is 8.64. The largest absolute Gasteiger partial charge is 0.497 e. The van der Waals surface area contributed by atoms with Gasteiger partial charge in [0.25, 0.3) is 5.56 Å². The minimum absolute atomic E-state index is 0.0888. The average molecular weight is 477 g/mol. The highest BCUT2D eigenvalue weighted by atomic mass is 16.5. The van der Waals surface area contributed by atoms with E-state index < -0.39 is 0 Å². The first-order valence-corrected chi connectivity index (χ1v) is 11.8. The maximum atomic E-state index is 13.1. The predicted molar refractivity (Wildman–Crippen MR) is 134 cm³/mol. The fourth-order valence-corrected chi connectivity index (χ4v) is 4.28. The minimum Gasteiger partial charge on any atom is -0.497 e. The van der Waals surface area contributed by atoms with Crippen molar-refractivity contribution in [3.8, 4) is 5.75 Å². The van der Waals surface area contributed by atoms with Crippen LogP contribution in [0.25, 0.3) is 10.9 Å². The Morgan fingerprint density at radius 3 is 2.60 bits per heavy atom. The van der Waals surface area contributed by atoms with Crippen molar-refractivity contribution in [2.75, 3.05) is 20.8 Å². The number of H-pyrrole nitrogens is 1. The molecule has 0 amide bonds. The molecule has 0 fully saturated rings. The van der Waals surface area contributed by atoms with Crippen LogP contribution in [0.15, 0.2) is 53.3 Å². The molecule has 0 aliphatic carbocycles. The number of fused-ring (bicyclic) bond motifs is 1. The van der Waals surface area contributed by atoms with E-state index in [0.717, 1.165) is 28.7 Å². The zero-order valence-electron chi connectivity index (χ0n) is 20.7. The summed E-state index contributed by atoms with van der Waals surface area (Å²) >= 11 is 0. The number of ether oxygens (including phenoxy) is 2. The first-order valence-electron chi connectivity index (χ1n) is 11.8. The van der Waals surface area contributed by atoms with Gasteiger partial charge in [-0.05, 0) is 52.9 Å². The fourth-order valence-electron chi connectivity index (χ4n) is 4.28. The summed E-state index contributed by atoms with van der Waals surface area (Å²) in [6, 6.07) is 16.0. The number of nitrogens with zero attached hydrogens (tertiary/aromatic N) is 5. The van der Waals surface area contributed by atoms with Crippen molar-refractivity contribution in [3.05, 3.63) is 81.4 Å². The molecular weight excluding hydrogens is 444 g/mol. The average Bonchev–Trinajstić information content (AvgIpc) is 3.32. The molecule has 2 aromatic heterocycles. The molecule has 1 atom stereocenters. The summed E-state index contributed by atoms with van der Waals surface area (Å²) in [4.78, 5) is 18.4. The van der Waals surface area contributed by atoms with Crippen molar-refractivity contribution in [3.63, 3.8) is 0 Å². The van der Waals surface area contributed by atoms with Gasteiger partial charge in [0.15, 0.2) is 5.82 Å². The zero-order valence-corrected chi connectivity index (χ0v) is 20.7. The smallest absolute Gasteiger partial charge is 0.252 e. The maximum absolute atomic E-state index is 13.1. The SMILES string of the molecule is CCC(c1nnnn1CCOC)N(Cc1ccc(C)cc1)Cc1cc2ccc(OC)cc2[nH]c1=O. The molecule has 0 spiro atoms. The summed E-state index contributed by atoms with van der Waals surface area (Å²) in [6.45, 7) is 6.35. The van der Waals surface area contributed by atoms with Crippen LogP contribution in [0, 0.1) is 6.92 Å². The van der Waals surface area contributed by atoms with Crippen molar-refractivity contribution in [2.24, 2.45) is 0 Å². The lowest BCUT2D eigenvalue weighted by Gasteiger charge is -2.30. The van der Waals surface area contributed by atoms with E-state index in [9.17, 15) is 4.79 Å². The van der Waals surface area contributed by atoms with Crippen molar-refractivity contribution >= 4 is 10.9 Å². The minimum atomic E-state index is -0.117. The van der Waals surface area contributed by atoms with E-state index in [4.69, 9.17) is 9.47 Å². The number of aromatic amines is 1. The fraction of sp³-hybridized carbons (Fsp3) is 0.385. The second kappa shape index (κ2) is 11.2. The molecule has 0 saturated heterocycles. The number of hydrogen-bond acceptors (Lipinski definition) is 7. The number of aromatic nitrogens is 5.